The van der Waals surface area contributed by atoms with E-state index in [1.807, 2.05) is 0 Å². The van der Waals surface area contributed by atoms with Gasteiger partial charge >= 0.3 is 11.9 Å². The highest BCUT2D eigenvalue weighted by atomic mass is 16.7. The van der Waals surface area contributed by atoms with Gasteiger partial charge in [-0.1, -0.05) is 13.8 Å². The van der Waals surface area contributed by atoms with Crippen molar-refractivity contribution in [2.24, 2.45) is 0 Å². The molecule has 2 rings (SSSR count). The first-order valence-corrected chi connectivity index (χ1v) is 13.5. The molecular formula is C26H32N6O12. The maximum Gasteiger partial charge on any atom is 0.332 e. The zero-order valence-corrected chi connectivity index (χ0v) is 23.9. The van der Waals surface area contributed by atoms with Crippen molar-refractivity contribution in [3.05, 3.63) is 24.3 Å². The van der Waals surface area contributed by atoms with Crippen LogP contribution < -0.4 is 21.6 Å². The Morgan fingerprint density at radius 1 is 0.591 bits per heavy atom. The second-order valence-electron chi connectivity index (χ2n) is 9.29. The van der Waals surface area contributed by atoms with Gasteiger partial charge in [-0.3, -0.25) is 48.2 Å². The van der Waals surface area contributed by atoms with Crippen LogP contribution in [-0.4, -0.2) is 94.2 Å². The summed E-state index contributed by atoms with van der Waals surface area (Å²) in [5.41, 5.74) is 3.58. The summed E-state index contributed by atoms with van der Waals surface area (Å²) in [5, 5.41) is 4.36. The minimum absolute atomic E-state index is 0.0972. The minimum atomic E-state index is -2.02. The van der Waals surface area contributed by atoms with Crippen molar-refractivity contribution in [3.63, 3.8) is 0 Å². The zero-order valence-electron chi connectivity index (χ0n) is 23.9. The van der Waals surface area contributed by atoms with Crippen molar-refractivity contribution in [1.82, 2.24) is 31.4 Å². The smallest absolute Gasteiger partial charge is 0.332 e. The van der Waals surface area contributed by atoms with Crippen LogP contribution in [0, 0.1) is 0 Å². The monoisotopic (exact) mass is 620 g/mol. The summed E-state index contributed by atoms with van der Waals surface area (Å²) in [5.74, 6) is -8.99. The Labute approximate surface area is 250 Å². The molecule has 2 atom stereocenters. The average Bonchev–Trinajstić information content (AvgIpc) is 3.48. The van der Waals surface area contributed by atoms with Crippen LogP contribution in [0.1, 0.15) is 52.4 Å². The average molecular weight is 621 g/mol. The van der Waals surface area contributed by atoms with Crippen LogP contribution in [0.2, 0.25) is 0 Å². The van der Waals surface area contributed by atoms with Crippen molar-refractivity contribution in [2.75, 3.05) is 13.1 Å². The fraction of sp³-hybridized carbons (Fsp3) is 0.462. The molecule has 2 aliphatic rings. The number of nitrogens with zero attached hydrogens (tertiary/aromatic N) is 2. The first kappa shape index (κ1) is 34.8. The van der Waals surface area contributed by atoms with Gasteiger partial charge in [0.25, 0.3) is 35.4 Å². The third-order valence-corrected chi connectivity index (χ3v) is 5.90. The van der Waals surface area contributed by atoms with E-state index in [2.05, 4.69) is 20.3 Å². The van der Waals surface area contributed by atoms with Gasteiger partial charge in [0.15, 0.2) is 0 Å². The first-order chi connectivity index (χ1) is 20.9. The van der Waals surface area contributed by atoms with Crippen LogP contribution in [0.25, 0.3) is 0 Å². The van der Waals surface area contributed by atoms with Gasteiger partial charge in [-0.15, -0.1) is 0 Å². The SMILES string of the molecule is CCCC(=O)ONC(=O)C(NC(=O)CCN1C(=O)C=CC1=O)C(NC(=O)CCN1C(=O)C=CC1=O)C(=O)NOC(=O)CCC. The number of hydrogen-bond acceptors (Lipinski definition) is 12. The topological polar surface area (TPSA) is 244 Å². The van der Waals surface area contributed by atoms with Crippen LogP contribution in [0.3, 0.4) is 0 Å². The highest BCUT2D eigenvalue weighted by molar-refractivity contribution is 6.13. The van der Waals surface area contributed by atoms with Crippen molar-refractivity contribution < 1.29 is 57.6 Å². The summed E-state index contributed by atoms with van der Waals surface area (Å²) in [7, 11) is 0. The van der Waals surface area contributed by atoms with E-state index in [4.69, 9.17) is 0 Å². The quantitative estimate of drug-likeness (QED) is 0.108. The van der Waals surface area contributed by atoms with Gasteiger partial charge in [-0.2, -0.15) is 11.0 Å². The summed E-state index contributed by atoms with van der Waals surface area (Å²) >= 11 is 0. The van der Waals surface area contributed by atoms with E-state index in [0.29, 0.717) is 12.8 Å². The molecule has 4 N–H and O–H groups in total. The summed E-state index contributed by atoms with van der Waals surface area (Å²) in [4.78, 5) is 133. The lowest BCUT2D eigenvalue weighted by atomic mass is 10.1. The Bertz CT molecular complexity index is 1140. The third kappa shape index (κ3) is 10.4. The molecule has 0 radical (unpaired) electrons. The van der Waals surface area contributed by atoms with E-state index in [0.717, 1.165) is 34.1 Å². The van der Waals surface area contributed by atoms with Crippen LogP contribution in [-0.2, 0) is 57.6 Å². The fourth-order valence-electron chi connectivity index (χ4n) is 3.67. The van der Waals surface area contributed by atoms with E-state index in [1.165, 1.54) is 0 Å². The van der Waals surface area contributed by atoms with Crippen molar-refractivity contribution in [2.45, 2.75) is 64.5 Å². The second kappa shape index (κ2) is 16.9. The Morgan fingerprint density at radius 2 is 0.909 bits per heavy atom. The van der Waals surface area contributed by atoms with Gasteiger partial charge in [0.1, 0.15) is 12.1 Å². The number of carbonyl (C=O) groups excluding carboxylic acids is 10. The van der Waals surface area contributed by atoms with Crippen LogP contribution >= 0.6 is 0 Å². The van der Waals surface area contributed by atoms with Crippen LogP contribution in [0.4, 0.5) is 0 Å². The van der Waals surface area contributed by atoms with Crippen molar-refractivity contribution in [3.8, 4) is 0 Å². The number of rotatable bonds is 15. The number of nitrogens with one attached hydrogen (secondary N) is 4. The van der Waals surface area contributed by atoms with Gasteiger partial charge in [0, 0.05) is 63.1 Å². The number of amides is 8. The molecule has 2 unspecified atom stereocenters. The molecular weight excluding hydrogens is 588 g/mol. The lowest BCUT2D eigenvalue weighted by Gasteiger charge is -2.27. The molecule has 0 bridgehead atoms. The Balaban J connectivity index is 2.26. The van der Waals surface area contributed by atoms with E-state index < -0.39 is 97.2 Å². The van der Waals surface area contributed by atoms with Gasteiger partial charge in [-0.05, 0) is 12.8 Å². The predicted molar refractivity (Wildman–Crippen MR) is 143 cm³/mol. The van der Waals surface area contributed by atoms with Gasteiger partial charge in [0.05, 0.1) is 0 Å². The summed E-state index contributed by atoms with van der Waals surface area (Å²) in [6.45, 7) is 2.51. The highest BCUT2D eigenvalue weighted by Crippen LogP contribution is 2.07. The molecule has 2 aliphatic heterocycles. The van der Waals surface area contributed by atoms with Gasteiger partial charge < -0.3 is 20.3 Å². The fourth-order valence-corrected chi connectivity index (χ4v) is 3.67. The number of imide groups is 2. The highest BCUT2D eigenvalue weighted by Gasteiger charge is 2.38. The Morgan fingerprint density at radius 3 is 1.20 bits per heavy atom. The molecule has 0 aromatic heterocycles. The normalized spacial score (nSPS) is 15.1. The standard InChI is InChI=1S/C26H32N6O12/c1-3-5-21(39)43-29-25(41)23(27-15(33)11-13-31-17(35)7-8-18(31)36)24(26(42)30-44-22(40)6-4-2)28-16(34)12-14-32-19(37)9-10-20(32)38/h7-10,23-24H,3-6,11-14H2,1-2H3,(H,27,33)(H,28,34)(H,29,41)(H,30,42). The van der Waals surface area contributed by atoms with Crippen LogP contribution in [0.5, 0.6) is 0 Å². The molecule has 0 aromatic carbocycles. The lowest BCUT2D eigenvalue weighted by molar-refractivity contribution is -0.162. The summed E-state index contributed by atoms with van der Waals surface area (Å²) < 4.78 is 0. The van der Waals surface area contributed by atoms with Crippen molar-refractivity contribution in [1.29, 1.82) is 0 Å². The minimum Gasteiger partial charge on any atom is -0.342 e. The second-order valence-corrected chi connectivity index (χ2v) is 9.29. The molecule has 0 saturated carbocycles. The largest absolute Gasteiger partial charge is 0.342 e. The molecule has 0 spiro atoms. The molecule has 18 nitrogen and oxygen atoms in total. The third-order valence-electron chi connectivity index (χ3n) is 5.90. The van der Waals surface area contributed by atoms with E-state index in [9.17, 15) is 47.9 Å². The molecule has 0 aliphatic carbocycles. The van der Waals surface area contributed by atoms with Crippen molar-refractivity contribution >= 4 is 59.2 Å². The number of carbonyl (C=O) groups is 10. The van der Waals surface area contributed by atoms with Crippen LogP contribution in [0.15, 0.2) is 24.3 Å². The van der Waals surface area contributed by atoms with E-state index in [-0.39, 0.29) is 12.8 Å². The molecule has 0 aromatic rings. The maximum absolute atomic E-state index is 13.1. The Hall–Kier alpha value is -5.42. The predicted octanol–water partition coefficient (Wildman–Crippen LogP) is -2.66. The van der Waals surface area contributed by atoms with Gasteiger partial charge in [0.2, 0.25) is 11.8 Å². The molecule has 18 heteroatoms. The zero-order chi connectivity index (χ0) is 32.8. The molecule has 2 heterocycles. The van der Waals surface area contributed by atoms with E-state index in [1.54, 1.807) is 24.8 Å². The molecule has 44 heavy (non-hydrogen) atoms. The molecule has 0 saturated heterocycles. The molecule has 0 fully saturated rings. The maximum atomic E-state index is 13.1. The number of hydrogen-bond donors (Lipinski definition) is 4. The van der Waals surface area contributed by atoms with E-state index >= 15 is 0 Å². The summed E-state index contributed by atoms with van der Waals surface area (Å²) in [6.07, 6.45) is 3.43. The first-order valence-electron chi connectivity index (χ1n) is 13.5. The Kier molecular flexibility index (Phi) is 13.3. The lowest BCUT2D eigenvalue weighted by Crippen LogP contribution is -2.64. The summed E-state index contributed by atoms with van der Waals surface area (Å²) in [6, 6.07) is -4.05. The number of hydroxylamine groups is 2. The molecule has 238 valence electrons. The van der Waals surface area contributed by atoms with Gasteiger partial charge in [-0.25, -0.2) is 9.59 Å². The molecule has 8 amide bonds.